The second-order valence-corrected chi connectivity index (χ2v) is 4.08. The number of halogens is 2. The van der Waals surface area contributed by atoms with Crippen LogP contribution in [0, 0.1) is 11.6 Å². The number of nitrogens with zero attached hydrogens (tertiary/aromatic N) is 3. The van der Waals surface area contributed by atoms with E-state index in [4.69, 9.17) is 0 Å². The normalized spacial score (nSPS) is 10.8. The maximum Gasteiger partial charge on any atom is 0.157 e. The molecule has 0 aliphatic heterocycles. The Morgan fingerprint density at radius 1 is 1.11 bits per heavy atom. The van der Waals surface area contributed by atoms with E-state index in [1.54, 1.807) is 29.0 Å². The van der Waals surface area contributed by atoms with Crippen LogP contribution in [0.15, 0.2) is 42.7 Å². The zero-order valence-electron chi connectivity index (χ0n) is 9.85. The summed E-state index contributed by atoms with van der Waals surface area (Å²) in [6, 6.07) is 6.93. The van der Waals surface area contributed by atoms with Crippen LogP contribution < -0.4 is 5.32 Å². The van der Waals surface area contributed by atoms with E-state index in [-0.39, 0.29) is 0 Å². The second-order valence-electron chi connectivity index (χ2n) is 4.08. The summed E-state index contributed by atoms with van der Waals surface area (Å²) in [5.41, 5.74) is 1.23. The number of nitrogens with one attached hydrogen (secondary N) is 1. The average Bonchev–Trinajstić information content (AvgIpc) is 2.82. The van der Waals surface area contributed by atoms with Crippen LogP contribution in [-0.4, -0.2) is 14.6 Å². The Morgan fingerprint density at radius 2 is 1.89 bits per heavy atom. The van der Waals surface area contributed by atoms with Crippen molar-refractivity contribution in [3.05, 3.63) is 59.9 Å². The Hall–Kier alpha value is -2.50. The summed E-state index contributed by atoms with van der Waals surface area (Å²) in [7, 11) is 0. The Kier molecular flexibility index (Phi) is 2.83. The molecule has 4 nitrogen and oxygen atoms in total. The third-order valence-electron chi connectivity index (χ3n) is 2.65. The molecule has 0 atom stereocenters. The van der Waals surface area contributed by atoms with Crippen LogP contribution in [0.4, 0.5) is 14.6 Å². The minimum absolute atomic E-state index is 0.298. The molecule has 96 valence electrons. The molecule has 6 heteroatoms. The lowest BCUT2D eigenvalue weighted by atomic mass is 10.2. The second kappa shape index (κ2) is 4.64. The molecule has 1 N–H and O–H groups in total. The fourth-order valence-electron chi connectivity index (χ4n) is 1.82. The van der Waals surface area contributed by atoms with Crippen molar-refractivity contribution in [2.24, 2.45) is 0 Å². The van der Waals surface area contributed by atoms with Gasteiger partial charge in [-0.15, -0.1) is 0 Å². The van der Waals surface area contributed by atoms with E-state index >= 15 is 0 Å². The lowest BCUT2D eigenvalue weighted by Crippen LogP contribution is -2.03. The third kappa shape index (κ3) is 2.52. The molecule has 0 saturated heterocycles. The molecule has 0 radical (unpaired) electrons. The van der Waals surface area contributed by atoms with Gasteiger partial charge in [-0.3, -0.25) is 0 Å². The van der Waals surface area contributed by atoms with E-state index in [9.17, 15) is 8.78 Å². The molecule has 0 aliphatic rings. The van der Waals surface area contributed by atoms with Crippen LogP contribution in [0.1, 0.15) is 5.56 Å². The van der Waals surface area contributed by atoms with Crippen molar-refractivity contribution < 1.29 is 8.78 Å². The quantitative estimate of drug-likeness (QED) is 0.787. The van der Waals surface area contributed by atoms with Gasteiger partial charge in [0, 0.05) is 24.9 Å². The molecule has 2 aromatic heterocycles. The first-order valence-corrected chi connectivity index (χ1v) is 5.70. The SMILES string of the molecule is Fc1cc(F)cc(CNc2ccn3nccc3n2)c1. The van der Waals surface area contributed by atoms with Gasteiger partial charge < -0.3 is 5.32 Å². The van der Waals surface area contributed by atoms with E-state index in [0.29, 0.717) is 23.6 Å². The Balaban J connectivity index is 1.77. The molecule has 0 bridgehead atoms. The van der Waals surface area contributed by atoms with Crippen LogP contribution in [0.25, 0.3) is 5.65 Å². The average molecular weight is 260 g/mol. The maximum atomic E-state index is 13.0. The van der Waals surface area contributed by atoms with Crippen molar-refractivity contribution in [1.29, 1.82) is 0 Å². The zero-order chi connectivity index (χ0) is 13.2. The molecule has 2 heterocycles. The first-order chi connectivity index (χ1) is 9.20. The fourth-order valence-corrected chi connectivity index (χ4v) is 1.82. The standard InChI is InChI=1S/C13H10F2N4/c14-10-5-9(6-11(15)7-10)8-16-12-2-4-19-13(18-12)1-3-17-19/h1-7H,8H2,(H,16,18). The van der Waals surface area contributed by atoms with E-state index < -0.39 is 11.6 Å². The number of anilines is 1. The van der Waals surface area contributed by atoms with Crippen LogP contribution in [-0.2, 0) is 6.54 Å². The van der Waals surface area contributed by atoms with Gasteiger partial charge in [-0.1, -0.05) is 0 Å². The maximum absolute atomic E-state index is 13.0. The molecule has 0 fully saturated rings. The molecule has 3 rings (SSSR count). The third-order valence-corrected chi connectivity index (χ3v) is 2.65. The summed E-state index contributed by atoms with van der Waals surface area (Å²) in [5.74, 6) is -0.551. The summed E-state index contributed by atoms with van der Waals surface area (Å²) in [6.45, 7) is 0.298. The van der Waals surface area contributed by atoms with Gasteiger partial charge >= 0.3 is 0 Å². The summed E-state index contributed by atoms with van der Waals surface area (Å²) < 4.78 is 27.7. The van der Waals surface area contributed by atoms with Crippen molar-refractivity contribution >= 4 is 11.5 Å². The minimum atomic E-state index is -0.587. The van der Waals surface area contributed by atoms with Gasteiger partial charge in [0.15, 0.2) is 5.65 Å². The largest absolute Gasteiger partial charge is 0.366 e. The van der Waals surface area contributed by atoms with Gasteiger partial charge in [-0.05, 0) is 23.8 Å². The van der Waals surface area contributed by atoms with E-state index in [0.717, 1.165) is 6.07 Å². The van der Waals surface area contributed by atoms with Gasteiger partial charge in [0.25, 0.3) is 0 Å². The van der Waals surface area contributed by atoms with Crippen LogP contribution in [0.2, 0.25) is 0 Å². The van der Waals surface area contributed by atoms with Gasteiger partial charge in [-0.2, -0.15) is 5.10 Å². The molecule has 1 aromatic carbocycles. The fraction of sp³-hybridized carbons (Fsp3) is 0.0769. The van der Waals surface area contributed by atoms with E-state index in [2.05, 4.69) is 15.4 Å². The first kappa shape index (κ1) is 11.6. The first-order valence-electron chi connectivity index (χ1n) is 5.70. The molecule has 19 heavy (non-hydrogen) atoms. The van der Waals surface area contributed by atoms with Crippen LogP contribution in [0.3, 0.4) is 0 Å². The Labute approximate surface area is 107 Å². The van der Waals surface area contributed by atoms with Crippen molar-refractivity contribution in [2.75, 3.05) is 5.32 Å². The number of hydrogen-bond donors (Lipinski definition) is 1. The molecule has 0 aliphatic carbocycles. The highest BCUT2D eigenvalue weighted by atomic mass is 19.1. The predicted molar refractivity (Wildman–Crippen MR) is 66.7 cm³/mol. The smallest absolute Gasteiger partial charge is 0.157 e. The van der Waals surface area contributed by atoms with Gasteiger partial charge in [-0.25, -0.2) is 18.3 Å². The monoisotopic (exact) mass is 260 g/mol. The molecule has 3 aromatic rings. The van der Waals surface area contributed by atoms with Crippen molar-refractivity contribution in [3.8, 4) is 0 Å². The number of fused-ring (bicyclic) bond motifs is 1. The van der Waals surface area contributed by atoms with Gasteiger partial charge in [0.1, 0.15) is 17.5 Å². The Morgan fingerprint density at radius 3 is 2.68 bits per heavy atom. The lowest BCUT2D eigenvalue weighted by molar-refractivity contribution is 0.580. The summed E-state index contributed by atoms with van der Waals surface area (Å²) in [6.07, 6.45) is 3.41. The Bertz CT molecular complexity index is 703. The minimum Gasteiger partial charge on any atom is -0.366 e. The highest BCUT2D eigenvalue weighted by Gasteiger charge is 2.02. The highest BCUT2D eigenvalue weighted by Crippen LogP contribution is 2.11. The molecular weight excluding hydrogens is 250 g/mol. The van der Waals surface area contributed by atoms with Crippen molar-refractivity contribution in [3.63, 3.8) is 0 Å². The molecule has 0 saturated carbocycles. The van der Waals surface area contributed by atoms with Crippen LogP contribution in [0.5, 0.6) is 0 Å². The number of aromatic nitrogens is 3. The number of hydrogen-bond acceptors (Lipinski definition) is 3. The van der Waals surface area contributed by atoms with Crippen molar-refractivity contribution in [2.45, 2.75) is 6.54 Å². The van der Waals surface area contributed by atoms with E-state index in [1.807, 2.05) is 0 Å². The summed E-state index contributed by atoms with van der Waals surface area (Å²) in [4.78, 5) is 4.30. The molecule has 0 spiro atoms. The summed E-state index contributed by atoms with van der Waals surface area (Å²) >= 11 is 0. The topological polar surface area (TPSA) is 42.2 Å². The molecular formula is C13H10F2N4. The predicted octanol–water partition coefficient (Wildman–Crippen LogP) is 2.62. The number of rotatable bonds is 3. The molecule has 0 unspecified atom stereocenters. The summed E-state index contributed by atoms with van der Waals surface area (Å²) in [5, 5.41) is 7.04. The van der Waals surface area contributed by atoms with Crippen molar-refractivity contribution in [1.82, 2.24) is 14.6 Å². The molecule has 0 amide bonds. The van der Waals surface area contributed by atoms with E-state index in [1.165, 1.54) is 12.1 Å². The van der Waals surface area contributed by atoms with Gasteiger partial charge in [0.05, 0.1) is 6.20 Å². The highest BCUT2D eigenvalue weighted by molar-refractivity contribution is 5.45. The number of benzene rings is 1. The van der Waals surface area contributed by atoms with Gasteiger partial charge in [0.2, 0.25) is 0 Å². The van der Waals surface area contributed by atoms with Crippen LogP contribution >= 0.6 is 0 Å². The lowest BCUT2D eigenvalue weighted by Gasteiger charge is -2.06. The zero-order valence-corrected chi connectivity index (χ0v) is 9.85.